The highest BCUT2D eigenvalue weighted by atomic mass is 35.5. The van der Waals surface area contributed by atoms with Crippen molar-refractivity contribution < 1.29 is 4.79 Å². The van der Waals surface area contributed by atoms with Crippen LogP contribution in [0.3, 0.4) is 0 Å². The van der Waals surface area contributed by atoms with Crippen molar-refractivity contribution in [2.75, 3.05) is 5.73 Å². The number of benzene rings is 1. The Morgan fingerprint density at radius 2 is 2.35 bits per heavy atom. The lowest BCUT2D eigenvalue weighted by Gasteiger charge is -2.07. The third-order valence-corrected chi connectivity index (χ3v) is 2.69. The number of rotatable bonds is 3. The van der Waals surface area contributed by atoms with Gasteiger partial charge in [0, 0.05) is 6.20 Å². The van der Waals surface area contributed by atoms with E-state index in [9.17, 15) is 4.79 Å². The van der Waals surface area contributed by atoms with E-state index in [1.54, 1.807) is 30.7 Å². The minimum atomic E-state index is -0.267. The second-order valence-electron chi connectivity index (χ2n) is 3.47. The summed E-state index contributed by atoms with van der Waals surface area (Å²) in [4.78, 5) is 18.6. The van der Waals surface area contributed by atoms with Gasteiger partial charge in [-0.25, -0.2) is 4.98 Å². The molecule has 0 aliphatic heterocycles. The van der Waals surface area contributed by atoms with Crippen LogP contribution in [-0.4, -0.2) is 15.9 Å². The van der Waals surface area contributed by atoms with Gasteiger partial charge in [-0.1, -0.05) is 17.7 Å². The van der Waals surface area contributed by atoms with Crippen LogP contribution in [0.5, 0.6) is 0 Å². The summed E-state index contributed by atoms with van der Waals surface area (Å²) in [5, 5.41) is 2.99. The molecule has 17 heavy (non-hydrogen) atoms. The Balaban J connectivity index is 2.07. The summed E-state index contributed by atoms with van der Waals surface area (Å²) in [5.74, 6) is -0.267. The van der Waals surface area contributed by atoms with E-state index < -0.39 is 0 Å². The molecule has 0 spiro atoms. The zero-order valence-corrected chi connectivity index (χ0v) is 9.66. The Kier molecular flexibility index (Phi) is 3.30. The molecule has 6 heteroatoms. The number of nitrogens with two attached hydrogens (primary N) is 1. The number of carbonyl (C=O) groups is 1. The van der Waals surface area contributed by atoms with Crippen LogP contribution in [0.25, 0.3) is 0 Å². The molecule has 0 aliphatic carbocycles. The zero-order chi connectivity index (χ0) is 12.3. The molecule has 2 rings (SSSR count). The number of anilines is 1. The van der Waals surface area contributed by atoms with Gasteiger partial charge in [-0.05, 0) is 12.1 Å². The Bertz CT molecular complexity index is 524. The quantitative estimate of drug-likeness (QED) is 0.723. The summed E-state index contributed by atoms with van der Waals surface area (Å²) in [6.45, 7) is 0.365. The van der Waals surface area contributed by atoms with Crippen molar-refractivity contribution in [3.63, 3.8) is 0 Å². The number of aromatic nitrogens is 2. The van der Waals surface area contributed by atoms with Crippen molar-refractivity contribution in [3.8, 4) is 0 Å². The second-order valence-corrected chi connectivity index (χ2v) is 3.85. The van der Waals surface area contributed by atoms with Crippen LogP contribution in [0.1, 0.15) is 16.1 Å². The van der Waals surface area contributed by atoms with Gasteiger partial charge in [0.2, 0.25) is 0 Å². The van der Waals surface area contributed by atoms with E-state index in [-0.39, 0.29) is 10.9 Å². The molecule has 0 saturated carbocycles. The fourth-order valence-corrected chi connectivity index (χ4v) is 1.59. The lowest BCUT2D eigenvalue weighted by atomic mass is 10.2. The molecule has 0 radical (unpaired) electrons. The van der Waals surface area contributed by atoms with E-state index >= 15 is 0 Å². The van der Waals surface area contributed by atoms with Gasteiger partial charge in [-0.3, -0.25) is 4.79 Å². The maximum absolute atomic E-state index is 11.8. The number of nitrogens with one attached hydrogen (secondary N) is 2. The number of nitrogen functional groups attached to an aromatic ring is 1. The lowest BCUT2D eigenvalue weighted by Crippen LogP contribution is -2.23. The van der Waals surface area contributed by atoms with E-state index in [1.807, 2.05) is 0 Å². The Morgan fingerprint density at radius 1 is 1.53 bits per heavy atom. The van der Waals surface area contributed by atoms with Gasteiger partial charge in [0.1, 0.15) is 0 Å². The maximum Gasteiger partial charge on any atom is 0.253 e. The third kappa shape index (κ3) is 2.57. The van der Waals surface area contributed by atoms with Gasteiger partial charge in [-0.2, -0.15) is 0 Å². The first-order chi connectivity index (χ1) is 8.18. The number of aromatic amines is 1. The van der Waals surface area contributed by atoms with Gasteiger partial charge in [0.05, 0.1) is 34.8 Å². The third-order valence-electron chi connectivity index (χ3n) is 2.27. The minimum Gasteiger partial charge on any atom is -0.398 e. The van der Waals surface area contributed by atoms with E-state index in [4.69, 9.17) is 17.3 Å². The predicted octanol–water partition coefficient (Wildman–Crippen LogP) is 1.58. The van der Waals surface area contributed by atoms with Crippen molar-refractivity contribution in [2.45, 2.75) is 6.54 Å². The molecule has 0 aliphatic rings. The van der Waals surface area contributed by atoms with Crippen LogP contribution in [0.2, 0.25) is 5.02 Å². The molecule has 1 amide bonds. The molecule has 1 aromatic heterocycles. The summed E-state index contributed by atoms with van der Waals surface area (Å²) >= 11 is 5.94. The number of H-pyrrole nitrogens is 1. The van der Waals surface area contributed by atoms with Crippen molar-refractivity contribution in [3.05, 3.63) is 47.0 Å². The number of imidazole rings is 1. The summed E-state index contributed by atoms with van der Waals surface area (Å²) < 4.78 is 0. The number of hydrogen-bond acceptors (Lipinski definition) is 3. The van der Waals surface area contributed by atoms with Crippen LogP contribution in [0.4, 0.5) is 5.69 Å². The van der Waals surface area contributed by atoms with Crippen LogP contribution < -0.4 is 11.1 Å². The topological polar surface area (TPSA) is 83.8 Å². The molecular formula is C11H11ClN4O. The maximum atomic E-state index is 11.8. The Morgan fingerprint density at radius 3 is 3.06 bits per heavy atom. The van der Waals surface area contributed by atoms with Crippen LogP contribution in [0.15, 0.2) is 30.7 Å². The number of carbonyl (C=O) groups excluding carboxylic acids is 1. The molecular weight excluding hydrogens is 240 g/mol. The van der Waals surface area contributed by atoms with Gasteiger partial charge in [0.15, 0.2) is 0 Å². The van der Waals surface area contributed by atoms with Gasteiger partial charge >= 0.3 is 0 Å². The van der Waals surface area contributed by atoms with Crippen LogP contribution in [0, 0.1) is 0 Å². The lowest BCUT2D eigenvalue weighted by molar-refractivity contribution is 0.0950. The first-order valence-electron chi connectivity index (χ1n) is 4.98. The molecule has 0 unspecified atom stereocenters. The summed E-state index contributed by atoms with van der Waals surface area (Å²) in [6, 6.07) is 4.96. The fraction of sp³-hybridized carbons (Fsp3) is 0.0909. The number of hydrogen-bond donors (Lipinski definition) is 3. The normalized spacial score (nSPS) is 10.2. The molecule has 0 atom stereocenters. The second kappa shape index (κ2) is 4.88. The largest absolute Gasteiger partial charge is 0.398 e. The Hall–Kier alpha value is -2.01. The highest BCUT2D eigenvalue weighted by molar-refractivity contribution is 6.36. The molecule has 0 fully saturated rings. The van der Waals surface area contributed by atoms with Gasteiger partial charge in [-0.15, -0.1) is 0 Å². The number of halogens is 1. The van der Waals surface area contributed by atoms with Gasteiger partial charge < -0.3 is 16.0 Å². The van der Waals surface area contributed by atoms with Crippen molar-refractivity contribution >= 4 is 23.2 Å². The van der Waals surface area contributed by atoms with E-state index in [0.717, 1.165) is 5.69 Å². The smallest absolute Gasteiger partial charge is 0.253 e. The molecule has 5 nitrogen and oxygen atoms in total. The highest BCUT2D eigenvalue weighted by Gasteiger charge is 2.11. The summed E-state index contributed by atoms with van der Waals surface area (Å²) in [5.41, 5.74) is 7.20. The van der Waals surface area contributed by atoms with E-state index in [1.165, 1.54) is 0 Å². The van der Waals surface area contributed by atoms with Gasteiger partial charge in [0.25, 0.3) is 5.91 Å². The average Bonchev–Trinajstić information content (AvgIpc) is 2.82. The first-order valence-corrected chi connectivity index (χ1v) is 5.35. The number of amides is 1. The summed E-state index contributed by atoms with van der Waals surface area (Å²) in [6.07, 6.45) is 3.19. The molecule has 4 N–H and O–H groups in total. The van der Waals surface area contributed by atoms with Crippen molar-refractivity contribution in [1.82, 2.24) is 15.3 Å². The van der Waals surface area contributed by atoms with Crippen LogP contribution >= 0.6 is 11.6 Å². The zero-order valence-electron chi connectivity index (χ0n) is 8.90. The fourth-order valence-electron chi connectivity index (χ4n) is 1.38. The minimum absolute atomic E-state index is 0.267. The number of nitrogens with zero attached hydrogens (tertiary/aromatic N) is 1. The molecule has 0 bridgehead atoms. The van der Waals surface area contributed by atoms with E-state index in [0.29, 0.717) is 17.8 Å². The molecule has 88 valence electrons. The molecule has 2 aromatic rings. The van der Waals surface area contributed by atoms with Crippen molar-refractivity contribution in [2.24, 2.45) is 0 Å². The van der Waals surface area contributed by atoms with E-state index in [2.05, 4.69) is 15.3 Å². The van der Waals surface area contributed by atoms with Crippen LogP contribution in [-0.2, 0) is 6.54 Å². The molecule has 1 heterocycles. The molecule has 0 saturated heterocycles. The molecule has 1 aromatic carbocycles. The highest BCUT2D eigenvalue weighted by Crippen LogP contribution is 2.22. The van der Waals surface area contributed by atoms with Crippen molar-refractivity contribution in [1.29, 1.82) is 0 Å². The Labute approximate surface area is 103 Å². The SMILES string of the molecule is Nc1cccc(C(=O)NCc2cnc[nH]2)c1Cl. The average molecular weight is 251 g/mol. The standard InChI is InChI=1S/C11H11ClN4O/c12-10-8(2-1-3-9(10)13)11(17)15-5-7-4-14-6-16-7/h1-4,6H,5,13H2,(H,14,16)(H,15,17). The predicted molar refractivity (Wildman–Crippen MR) is 65.6 cm³/mol. The monoisotopic (exact) mass is 250 g/mol. The summed E-state index contributed by atoms with van der Waals surface area (Å²) in [7, 11) is 0. The first kappa shape index (κ1) is 11.5.